The number of hydrogen-bond donors (Lipinski definition) is 2. The lowest BCUT2D eigenvalue weighted by molar-refractivity contribution is -0.126. The Balaban J connectivity index is 2.10. The molecule has 5 nitrogen and oxygen atoms in total. The van der Waals surface area contributed by atoms with Crippen LogP contribution in [0, 0.1) is 0 Å². The van der Waals surface area contributed by atoms with Crippen molar-refractivity contribution in [2.24, 2.45) is 5.73 Å². The van der Waals surface area contributed by atoms with E-state index in [4.69, 9.17) is 15.2 Å². The van der Waals surface area contributed by atoms with Crippen molar-refractivity contribution in [2.75, 3.05) is 26.9 Å². The second kappa shape index (κ2) is 6.76. The van der Waals surface area contributed by atoms with Gasteiger partial charge in [-0.05, 0) is 19.3 Å². The summed E-state index contributed by atoms with van der Waals surface area (Å²) in [5.74, 6) is -0.0646. The fraction of sp³-hybridized carbons (Fsp3) is 0.900. The molecule has 1 aliphatic rings. The van der Waals surface area contributed by atoms with Gasteiger partial charge < -0.3 is 20.5 Å². The lowest BCUT2D eigenvalue weighted by Gasteiger charge is -2.12. The summed E-state index contributed by atoms with van der Waals surface area (Å²) in [4.78, 5) is 11.4. The number of rotatable bonds is 6. The molecule has 2 atom stereocenters. The zero-order valence-corrected chi connectivity index (χ0v) is 9.20. The molecule has 0 aliphatic heterocycles. The molecule has 0 saturated heterocycles. The molecule has 0 aromatic heterocycles. The van der Waals surface area contributed by atoms with Gasteiger partial charge in [-0.2, -0.15) is 0 Å². The molecule has 15 heavy (non-hydrogen) atoms. The largest absolute Gasteiger partial charge is 0.381 e. The van der Waals surface area contributed by atoms with Gasteiger partial charge in [0.05, 0.1) is 12.7 Å². The number of nitrogens with two attached hydrogens (primary N) is 1. The van der Waals surface area contributed by atoms with Crippen molar-refractivity contribution >= 4 is 5.91 Å². The molecule has 1 fully saturated rings. The monoisotopic (exact) mass is 216 g/mol. The predicted molar refractivity (Wildman–Crippen MR) is 56.5 cm³/mol. The molecule has 0 bridgehead atoms. The Kier molecular flexibility index (Phi) is 5.60. The van der Waals surface area contributed by atoms with Gasteiger partial charge in [-0.1, -0.05) is 0 Å². The minimum absolute atomic E-state index is 0.0646. The first-order valence-corrected chi connectivity index (χ1v) is 5.36. The van der Waals surface area contributed by atoms with Gasteiger partial charge in [-0.3, -0.25) is 4.79 Å². The lowest BCUT2D eigenvalue weighted by Crippen LogP contribution is -2.36. The highest BCUT2D eigenvalue weighted by Gasteiger charge is 2.25. The van der Waals surface area contributed by atoms with E-state index in [1.54, 1.807) is 7.11 Å². The van der Waals surface area contributed by atoms with Crippen LogP contribution in [0.3, 0.4) is 0 Å². The summed E-state index contributed by atoms with van der Waals surface area (Å²) in [6.07, 6.45) is 3.20. The summed E-state index contributed by atoms with van der Waals surface area (Å²) in [5.41, 5.74) is 5.24. The molecule has 88 valence electrons. The summed E-state index contributed by atoms with van der Waals surface area (Å²) in [7, 11) is 1.71. The van der Waals surface area contributed by atoms with Crippen molar-refractivity contribution in [3.05, 3.63) is 0 Å². The van der Waals surface area contributed by atoms with E-state index < -0.39 is 0 Å². The van der Waals surface area contributed by atoms with Gasteiger partial charge in [-0.25, -0.2) is 0 Å². The molecule has 0 heterocycles. The minimum atomic E-state index is -0.0646. The van der Waals surface area contributed by atoms with Crippen LogP contribution in [0.4, 0.5) is 0 Å². The quantitative estimate of drug-likeness (QED) is 0.595. The van der Waals surface area contributed by atoms with E-state index in [1.807, 2.05) is 0 Å². The van der Waals surface area contributed by atoms with Gasteiger partial charge in [0.2, 0.25) is 5.91 Å². The topological polar surface area (TPSA) is 73.6 Å². The third-order valence-corrected chi connectivity index (χ3v) is 2.58. The van der Waals surface area contributed by atoms with E-state index in [2.05, 4.69) is 5.32 Å². The number of ether oxygens (including phenoxy) is 2. The number of carbonyl (C=O) groups is 1. The first-order valence-electron chi connectivity index (χ1n) is 5.36. The minimum Gasteiger partial charge on any atom is -0.381 e. The molecule has 2 unspecified atom stereocenters. The fourth-order valence-corrected chi connectivity index (χ4v) is 1.80. The second-order valence-corrected chi connectivity index (χ2v) is 3.78. The van der Waals surface area contributed by atoms with Crippen LogP contribution in [-0.2, 0) is 14.3 Å². The Morgan fingerprint density at radius 3 is 2.93 bits per heavy atom. The number of carbonyl (C=O) groups excluding carboxylic acids is 1. The highest BCUT2D eigenvalue weighted by Crippen LogP contribution is 2.21. The SMILES string of the molecule is COC1CCC(NC(=O)COCCN)C1. The van der Waals surface area contributed by atoms with Crippen molar-refractivity contribution in [3.8, 4) is 0 Å². The molecule has 1 saturated carbocycles. The molecular formula is C10H20N2O3. The van der Waals surface area contributed by atoms with Crippen LogP contribution in [0.5, 0.6) is 0 Å². The number of methoxy groups -OCH3 is 1. The summed E-state index contributed by atoms with van der Waals surface area (Å²) in [5, 5.41) is 2.92. The van der Waals surface area contributed by atoms with Gasteiger partial charge in [0.1, 0.15) is 6.61 Å². The summed E-state index contributed by atoms with van der Waals surface area (Å²) >= 11 is 0. The van der Waals surface area contributed by atoms with E-state index in [-0.39, 0.29) is 18.6 Å². The first kappa shape index (κ1) is 12.4. The lowest BCUT2D eigenvalue weighted by atomic mass is 10.2. The summed E-state index contributed by atoms with van der Waals surface area (Å²) < 4.78 is 10.3. The van der Waals surface area contributed by atoms with Gasteiger partial charge in [0.25, 0.3) is 0 Å². The Morgan fingerprint density at radius 1 is 1.53 bits per heavy atom. The molecular weight excluding hydrogens is 196 g/mol. The van der Waals surface area contributed by atoms with Gasteiger partial charge >= 0.3 is 0 Å². The van der Waals surface area contributed by atoms with Crippen LogP contribution in [0.15, 0.2) is 0 Å². The van der Waals surface area contributed by atoms with Gasteiger partial charge in [0, 0.05) is 19.7 Å². The van der Waals surface area contributed by atoms with Crippen molar-refractivity contribution in [3.63, 3.8) is 0 Å². The van der Waals surface area contributed by atoms with Gasteiger partial charge in [0.15, 0.2) is 0 Å². The van der Waals surface area contributed by atoms with E-state index in [1.165, 1.54) is 0 Å². The van der Waals surface area contributed by atoms with Crippen molar-refractivity contribution < 1.29 is 14.3 Å². The van der Waals surface area contributed by atoms with Gasteiger partial charge in [-0.15, -0.1) is 0 Å². The number of hydrogen-bond acceptors (Lipinski definition) is 4. The normalized spacial score (nSPS) is 25.5. The number of amides is 1. The van der Waals surface area contributed by atoms with Crippen LogP contribution in [-0.4, -0.2) is 44.9 Å². The smallest absolute Gasteiger partial charge is 0.246 e. The molecule has 1 amide bonds. The summed E-state index contributed by atoms with van der Waals surface area (Å²) in [6, 6.07) is 0.240. The predicted octanol–water partition coefficient (Wildman–Crippen LogP) is -0.355. The van der Waals surface area contributed by atoms with E-state index in [9.17, 15) is 4.79 Å². The molecule has 0 spiro atoms. The molecule has 0 aromatic carbocycles. The second-order valence-electron chi connectivity index (χ2n) is 3.78. The third kappa shape index (κ3) is 4.59. The molecule has 0 aromatic rings. The van der Waals surface area contributed by atoms with E-state index in [0.717, 1.165) is 19.3 Å². The van der Waals surface area contributed by atoms with Crippen molar-refractivity contribution in [1.29, 1.82) is 0 Å². The molecule has 1 aliphatic carbocycles. The average molecular weight is 216 g/mol. The first-order chi connectivity index (χ1) is 7.26. The Morgan fingerprint density at radius 2 is 2.33 bits per heavy atom. The standard InChI is InChI=1S/C10H20N2O3/c1-14-9-3-2-8(6-9)12-10(13)7-15-5-4-11/h8-9H,2-7,11H2,1H3,(H,12,13). The maximum absolute atomic E-state index is 11.4. The maximum Gasteiger partial charge on any atom is 0.246 e. The summed E-state index contributed by atoms with van der Waals surface area (Å²) in [6.45, 7) is 0.979. The zero-order valence-electron chi connectivity index (χ0n) is 9.20. The highest BCUT2D eigenvalue weighted by atomic mass is 16.5. The van der Waals surface area contributed by atoms with E-state index in [0.29, 0.717) is 19.3 Å². The molecule has 5 heteroatoms. The fourth-order valence-electron chi connectivity index (χ4n) is 1.80. The molecule has 3 N–H and O–H groups in total. The van der Waals surface area contributed by atoms with Crippen LogP contribution < -0.4 is 11.1 Å². The zero-order chi connectivity index (χ0) is 11.1. The van der Waals surface area contributed by atoms with Crippen molar-refractivity contribution in [2.45, 2.75) is 31.4 Å². The van der Waals surface area contributed by atoms with E-state index >= 15 is 0 Å². The van der Waals surface area contributed by atoms with Crippen LogP contribution in [0.1, 0.15) is 19.3 Å². The Bertz CT molecular complexity index is 199. The highest BCUT2D eigenvalue weighted by molar-refractivity contribution is 5.77. The van der Waals surface area contributed by atoms with Crippen molar-refractivity contribution in [1.82, 2.24) is 5.32 Å². The average Bonchev–Trinajstić information content (AvgIpc) is 2.66. The van der Waals surface area contributed by atoms with Crippen LogP contribution >= 0.6 is 0 Å². The Hall–Kier alpha value is -0.650. The Labute approximate surface area is 90.3 Å². The van der Waals surface area contributed by atoms with Crippen LogP contribution in [0.25, 0.3) is 0 Å². The molecule has 0 radical (unpaired) electrons. The molecule has 1 rings (SSSR count). The van der Waals surface area contributed by atoms with Crippen LogP contribution in [0.2, 0.25) is 0 Å². The third-order valence-electron chi connectivity index (χ3n) is 2.58. The maximum atomic E-state index is 11.4. The number of nitrogens with one attached hydrogen (secondary N) is 1.